The van der Waals surface area contributed by atoms with Crippen LogP contribution in [-0.4, -0.2) is 39.8 Å². The topological polar surface area (TPSA) is 121 Å². The summed E-state index contributed by atoms with van der Waals surface area (Å²) in [5.74, 6) is 0.743. The number of carbonyl (C=O) groups excluding carboxylic acids is 1. The number of urea groups is 1. The molecule has 2 amide bonds. The zero-order chi connectivity index (χ0) is 21.8. The van der Waals surface area contributed by atoms with E-state index in [4.69, 9.17) is 14.6 Å². The molecule has 1 aromatic heterocycles. The van der Waals surface area contributed by atoms with Gasteiger partial charge in [0.2, 0.25) is 5.88 Å². The molecule has 0 spiro atoms. The first kappa shape index (κ1) is 20.5. The number of aromatic nitrogens is 2. The van der Waals surface area contributed by atoms with Crippen molar-refractivity contribution in [1.82, 2.24) is 9.78 Å². The highest BCUT2D eigenvalue weighted by atomic mass is 32.2. The lowest BCUT2D eigenvalue weighted by molar-refractivity contribution is 0.0165. The van der Waals surface area contributed by atoms with E-state index >= 15 is 0 Å². The molecule has 2 aliphatic carbocycles. The van der Waals surface area contributed by atoms with Crippen molar-refractivity contribution in [2.75, 3.05) is 19.0 Å². The third-order valence-corrected chi connectivity index (χ3v) is 7.89. The fraction of sp³-hybridized carbons (Fsp3) is 0.524. The Bertz CT molecular complexity index is 1180. The van der Waals surface area contributed by atoms with E-state index in [9.17, 15) is 9.00 Å². The second-order valence-electron chi connectivity index (χ2n) is 8.51. The molecule has 0 saturated carbocycles. The van der Waals surface area contributed by atoms with Crippen LogP contribution in [0.2, 0.25) is 0 Å². The Kier molecular flexibility index (Phi) is 5.03. The van der Waals surface area contributed by atoms with Crippen LogP contribution in [0.5, 0.6) is 5.88 Å². The first-order valence-corrected chi connectivity index (χ1v) is 12.2. The van der Waals surface area contributed by atoms with Gasteiger partial charge in [0.25, 0.3) is 0 Å². The summed E-state index contributed by atoms with van der Waals surface area (Å²) in [5, 5.41) is 13.1. The molecular weight excluding hydrogens is 418 g/mol. The van der Waals surface area contributed by atoms with Crippen LogP contribution in [0.1, 0.15) is 47.9 Å². The Morgan fingerprint density at radius 3 is 3.03 bits per heavy atom. The number of hydrogen-bond donors (Lipinski definition) is 2. The van der Waals surface area contributed by atoms with Crippen molar-refractivity contribution >= 4 is 21.6 Å². The minimum absolute atomic E-state index is 0.120. The molecule has 1 aromatic carbocycles. The predicted octanol–water partition coefficient (Wildman–Crippen LogP) is 2.76. The summed E-state index contributed by atoms with van der Waals surface area (Å²) < 4.78 is 29.5. The number of rotatable bonds is 3. The third-order valence-electron chi connectivity index (χ3n) is 6.54. The van der Waals surface area contributed by atoms with E-state index in [1.165, 1.54) is 33.1 Å². The predicted molar refractivity (Wildman–Crippen MR) is 116 cm³/mol. The Morgan fingerprint density at radius 1 is 1.39 bits per heavy atom. The molecule has 3 N–H and O–H groups in total. The number of fused-ring (bicyclic) bond motifs is 3. The Labute approximate surface area is 181 Å². The number of nitrogens with zero attached hydrogens (tertiary/aromatic N) is 3. The van der Waals surface area contributed by atoms with Crippen molar-refractivity contribution in [2.24, 2.45) is 9.50 Å². The number of nitrogens with two attached hydrogens (primary N) is 1. The van der Waals surface area contributed by atoms with Crippen molar-refractivity contribution in [3.05, 3.63) is 34.5 Å². The van der Waals surface area contributed by atoms with Gasteiger partial charge in [-0.2, -0.15) is 5.10 Å². The molecule has 3 unspecified atom stereocenters. The van der Waals surface area contributed by atoms with Crippen LogP contribution >= 0.6 is 0 Å². The van der Waals surface area contributed by atoms with Gasteiger partial charge < -0.3 is 14.8 Å². The number of hydrogen-bond acceptors (Lipinski definition) is 5. The molecule has 0 saturated heterocycles. The van der Waals surface area contributed by atoms with Crippen molar-refractivity contribution in [1.29, 1.82) is 0 Å². The van der Waals surface area contributed by atoms with Gasteiger partial charge in [0.1, 0.15) is 17.6 Å². The maximum absolute atomic E-state index is 13.2. The zero-order valence-corrected chi connectivity index (χ0v) is 18.5. The van der Waals surface area contributed by atoms with E-state index in [0.717, 1.165) is 37.8 Å². The molecule has 166 valence electrons. The number of amides is 2. The number of ether oxygens (including phenoxy) is 2. The van der Waals surface area contributed by atoms with Crippen LogP contribution in [0.15, 0.2) is 21.5 Å². The molecule has 0 bridgehead atoms. The monoisotopic (exact) mass is 445 g/mol. The summed E-state index contributed by atoms with van der Waals surface area (Å²) in [7, 11) is -1.94. The fourth-order valence-corrected chi connectivity index (χ4v) is 5.89. The summed E-state index contributed by atoms with van der Waals surface area (Å²) in [6.07, 6.45) is 6.20. The van der Waals surface area contributed by atoms with Crippen LogP contribution < -0.4 is 15.2 Å². The van der Waals surface area contributed by atoms with Crippen LogP contribution in [-0.2, 0) is 40.5 Å². The molecule has 2 aromatic rings. The number of aryl methyl sites for hydroxylation is 1. The van der Waals surface area contributed by atoms with E-state index in [1.807, 2.05) is 0 Å². The standard InChI is InChI=1S/C21H27N5O4S/c1-12-6-7-16-17(12)8-13-4-3-5-15(13)19(16)24-21(27)25-31(22,28)18-9-23-26-10-14(29-2)11-30-20(18)26/h8-9,12,14H,3-7,10-11H2,1-2H3,(H3,22,24,25,27,28). The molecule has 1 aliphatic heterocycles. The van der Waals surface area contributed by atoms with Crippen molar-refractivity contribution in [2.45, 2.75) is 62.5 Å². The van der Waals surface area contributed by atoms with Gasteiger partial charge in [0.05, 0.1) is 12.7 Å². The molecule has 0 radical (unpaired) electrons. The minimum Gasteiger partial charge on any atom is -0.474 e. The summed E-state index contributed by atoms with van der Waals surface area (Å²) >= 11 is 0. The van der Waals surface area contributed by atoms with E-state index in [2.05, 4.69) is 27.8 Å². The smallest absolute Gasteiger partial charge is 0.354 e. The van der Waals surface area contributed by atoms with Crippen LogP contribution in [0.4, 0.5) is 10.5 Å². The maximum atomic E-state index is 13.2. The number of anilines is 1. The average molecular weight is 446 g/mol. The maximum Gasteiger partial charge on any atom is 0.354 e. The van der Waals surface area contributed by atoms with Crippen molar-refractivity contribution < 1.29 is 18.5 Å². The molecule has 0 fully saturated rings. The quantitative estimate of drug-likeness (QED) is 0.752. The fourth-order valence-electron chi connectivity index (χ4n) is 4.88. The number of nitrogens with one attached hydrogen (secondary N) is 1. The van der Waals surface area contributed by atoms with Crippen LogP contribution in [0, 0.1) is 0 Å². The van der Waals surface area contributed by atoms with Crippen molar-refractivity contribution in [3.8, 4) is 5.88 Å². The minimum atomic E-state index is -3.53. The first-order chi connectivity index (χ1) is 14.9. The zero-order valence-electron chi connectivity index (χ0n) is 17.7. The molecule has 10 heteroatoms. The summed E-state index contributed by atoms with van der Waals surface area (Å²) in [5.41, 5.74) is 5.79. The SMILES string of the molecule is COC1COc2c(S(N)(=O)=NC(=O)Nc3c4c(cc5c3CCC5C)CCC4)cnn2C1. The van der Waals surface area contributed by atoms with Gasteiger partial charge in [-0.1, -0.05) is 13.0 Å². The van der Waals surface area contributed by atoms with Gasteiger partial charge in [-0.25, -0.2) is 18.8 Å². The second-order valence-corrected chi connectivity index (χ2v) is 10.3. The van der Waals surface area contributed by atoms with E-state index < -0.39 is 15.9 Å². The molecule has 3 atom stereocenters. The Hall–Kier alpha value is -2.43. The van der Waals surface area contributed by atoms with E-state index in [-0.39, 0.29) is 23.5 Å². The van der Waals surface area contributed by atoms with Gasteiger partial charge in [-0.15, -0.1) is 4.36 Å². The van der Waals surface area contributed by atoms with Gasteiger partial charge in [-0.05, 0) is 60.3 Å². The number of benzene rings is 1. The lowest BCUT2D eigenvalue weighted by Gasteiger charge is -2.23. The van der Waals surface area contributed by atoms with E-state index in [0.29, 0.717) is 12.5 Å². The Balaban J connectivity index is 1.46. The average Bonchev–Trinajstić information content (AvgIpc) is 3.45. The van der Waals surface area contributed by atoms with Gasteiger partial charge >= 0.3 is 6.03 Å². The highest BCUT2D eigenvalue weighted by molar-refractivity contribution is 7.91. The molecule has 31 heavy (non-hydrogen) atoms. The first-order valence-electron chi connectivity index (χ1n) is 10.6. The van der Waals surface area contributed by atoms with Gasteiger partial charge in [0, 0.05) is 12.8 Å². The highest BCUT2D eigenvalue weighted by Crippen LogP contribution is 2.43. The van der Waals surface area contributed by atoms with Gasteiger partial charge in [-0.3, -0.25) is 0 Å². The highest BCUT2D eigenvalue weighted by Gasteiger charge is 2.30. The summed E-state index contributed by atoms with van der Waals surface area (Å²) in [6.45, 7) is 2.96. The molecule has 2 heterocycles. The number of carbonyl (C=O) groups is 1. The lowest BCUT2D eigenvalue weighted by Crippen LogP contribution is -2.32. The van der Waals surface area contributed by atoms with Crippen LogP contribution in [0.3, 0.4) is 0 Å². The third kappa shape index (κ3) is 3.52. The summed E-state index contributed by atoms with van der Waals surface area (Å²) in [4.78, 5) is 13.0. The molecular formula is C21H27N5O4S. The molecule has 9 nitrogen and oxygen atoms in total. The largest absolute Gasteiger partial charge is 0.474 e. The van der Waals surface area contributed by atoms with E-state index in [1.54, 1.807) is 7.11 Å². The Morgan fingerprint density at radius 2 is 2.23 bits per heavy atom. The van der Waals surface area contributed by atoms with Crippen LogP contribution in [0.25, 0.3) is 0 Å². The summed E-state index contributed by atoms with van der Waals surface area (Å²) in [6, 6.07) is 1.60. The van der Waals surface area contributed by atoms with Gasteiger partial charge in [0.15, 0.2) is 9.92 Å². The number of methoxy groups -OCH3 is 1. The lowest BCUT2D eigenvalue weighted by atomic mass is 9.96. The normalized spacial score (nSPS) is 23.3. The molecule has 3 aliphatic rings. The van der Waals surface area contributed by atoms with Crippen molar-refractivity contribution in [3.63, 3.8) is 0 Å². The molecule has 5 rings (SSSR count). The second kappa shape index (κ2) is 7.61.